The molecule has 9 heteroatoms. The van der Waals surface area contributed by atoms with Gasteiger partial charge in [-0.1, -0.05) is 35.3 Å². The molecule has 0 saturated carbocycles. The molecule has 1 amide bonds. The van der Waals surface area contributed by atoms with Gasteiger partial charge in [0.05, 0.1) is 16.8 Å². The second-order valence-electron chi connectivity index (χ2n) is 8.31. The molecule has 0 spiro atoms. The topological polar surface area (TPSA) is 51.0 Å². The number of fused-ring (bicyclic) bond motifs is 2. The van der Waals surface area contributed by atoms with Crippen LogP contribution in [0, 0.1) is 0 Å². The van der Waals surface area contributed by atoms with E-state index in [1.165, 1.54) is 0 Å². The Kier molecular flexibility index (Phi) is 4.65. The van der Waals surface area contributed by atoms with E-state index in [4.69, 9.17) is 23.2 Å². The Morgan fingerprint density at radius 1 is 1.06 bits per heavy atom. The van der Waals surface area contributed by atoms with E-state index in [2.05, 4.69) is 10.1 Å². The number of pyridine rings is 1. The van der Waals surface area contributed by atoms with Crippen molar-refractivity contribution >= 4 is 55.7 Å². The van der Waals surface area contributed by atoms with Crippen molar-refractivity contribution in [2.75, 3.05) is 0 Å². The summed E-state index contributed by atoms with van der Waals surface area (Å²) < 4.78 is 1.79. The van der Waals surface area contributed by atoms with Crippen molar-refractivity contribution in [3.8, 4) is 11.1 Å². The summed E-state index contributed by atoms with van der Waals surface area (Å²) in [6, 6.07) is 13.4. The van der Waals surface area contributed by atoms with E-state index in [1.54, 1.807) is 21.8 Å². The molecule has 2 aromatic heterocycles. The zero-order chi connectivity index (χ0) is 21.9. The van der Waals surface area contributed by atoms with Crippen molar-refractivity contribution in [1.82, 2.24) is 19.7 Å². The largest absolute Gasteiger partial charge is 0.339 e. The maximum absolute atomic E-state index is 13.1. The van der Waals surface area contributed by atoms with Gasteiger partial charge in [-0.15, -0.1) is 0 Å². The van der Waals surface area contributed by atoms with Crippen LogP contribution in [0.15, 0.2) is 54.9 Å². The van der Waals surface area contributed by atoms with Gasteiger partial charge in [-0.25, -0.2) is 0 Å². The zero-order valence-corrected chi connectivity index (χ0v) is 18.9. The van der Waals surface area contributed by atoms with Crippen molar-refractivity contribution in [2.24, 2.45) is 7.05 Å². The summed E-state index contributed by atoms with van der Waals surface area (Å²) in [4.78, 5) is 19.3. The number of aromatic nitrogens is 3. The molecule has 5 rings (SSSR count). The Morgan fingerprint density at radius 3 is 2.48 bits per heavy atom. The highest BCUT2D eigenvalue weighted by Gasteiger charge is 2.43. The minimum atomic E-state index is -0.555. The number of hydrogen-bond acceptors (Lipinski definition) is 3. The van der Waals surface area contributed by atoms with Crippen LogP contribution in [0.4, 0.5) is 0 Å². The van der Waals surface area contributed by atoms with Crippen LogP contribution in [0.25, 0.3) is 22.0 Å². The van der Waals surface area contributed by atoms with Gasteiger partial charge in [-0.2, -0.15) is 5.10 Å². The van der Waals surface area contributed by atoms with Crippen molar-refractivity contribution in [3.05, 3.63) is 81.7 Å². The second kappa shape index (κ2) is 7.14. The number of nitrogens with zero attached hydrogens (tertiary/aromatic N) is 4. The monoisotopic (exact) mass is 446 g/mol. The second-order valence-corrected chi connectivity index (χ2v) is 9.12. The Morgan fingerprint density at radius 2 is 1.77 bits per heavy atom. The molecule has 0 radical (unpaired) electrons. The molecule has 0 aliphatic carbocycles. The van der Waals surface area contributed by atoms with Crippen LogP contribution in [0.5, 0.6) is 0 Å². The molecule has 0 atom stereocenters. The van der Waals surface area contributed by atoms with E-state index in [9.17, 15) is 4.79 Å². The summed E-state index contributed by atoms with van der Waals surface area (Å²) in [6.45, 7) is 0.303. The number of rotatable bonds is 3. The summed E-state index contributed by atoms with van der Waals surface area (Å²) in [7, 11) is 5.88. The van der Waals surface area contributed by atoms with Gasteiger partial charge in [0.15, 0.2) is 0 Å². The van der Waals surface area contributed by atoms with Crippen molar-refractivity contribution in [2.45, 2.75) is 11.9 Å². The summed E-state index contributed by atoms with van der Waals surface area (Å²) in [5.74, 6) is -0.0653. The van der Waals surface area contributed by atoms with Gasteiger partial charge in [-0.05, 0) is 41.5 Å². The Labute approximate surface area is 191 Å². The third-order valence-electron chi connectivity index (χ3n) is 5.97. The Hall–Kier alpha value is -2.76. The van der Waals surface area contributed by atoms with E-state index in [-0.39, 0.29) is 5.91 Å². The fourth-order valence-electron chi connectivity index (χ4n) is 4.34. The van der Waals surface area contributed by atoms with Crippen LogP contribution in [0.3, 0.4) is 0 Å². The lowest BCUT2D eigenvalue weighted by Gasteiger charge is -2.33. The average molecular weight is 447 g/mol. The molecule has 1 aliphatic heterocycles. The quantitative estimate of drug-likeness (QED) is 0.455. The molecule has 5 nitrogen and oxygen atoms in total. The molecule has 1 aliphatic rings. The SMILES string of the molecule is BC1(B)c2ncccc2C(=O)N1Cc1c(Cl)cc(-c2cccc3nn(C)cc23)cc1Cl. The molecule has 4 aromatic rings. The average Bonchev–Trinajstić information content (AvgIpc) is 3.20. The molecule has 3 heterocycles. The molecule has 152 valence electrons. The number of benzene rings is 2. The molecule has 0 saturated heterocycles. The van der Waals surface area contributed by atoms with Gasteiger partial charge in [-0.3, -0.25) is 14.5 Å². The van der Waals surface area contributed by atoms with Crippen molar-refractivity contribution in [1.29, 1.82) is 0 Å². The number of hydrogen-bond donors (Lipinski definition) is 0. The minimum Gasteiger partial charge on any atom is -0.339 e. The van der Waals surface area contributed by atoms with E-state index in [0.717, 1.165) is 33.3 Å². The van der Waals surface area contributed by atoms with Crippen LogP contribution < -0.4 is 0 Å². The predicted molar refractivity (Wildman–Crippen MR) is 129 cm³/mol. The Balaban J connectivity index is 1.55. The summed E-state index contributed by atoms with van der Waals surface area (Å²) >= 11 is 13.4. The van der Waals surface area contributed by atoms with Crippen molar-refractivity contribution in [3.63, 3.8) is 0 Å². The fourth-order valence-corrected chi connectivity index (χ4v) is 4.95. The first-order valence-corrected chi connectivity index (χ1v) is 10.7. The molecule has 0 unspecified atom stereocenters. The fraction of sp³-hybridized carbons (Fsp3) is 0.136. The number of aryl methyl sites for hydroxylation is 1. The minimum absolute atomic E-state index is 0.0653. The highest BCUT2D eigenvalue weighted by Crippen LogP contribution is 2.39. The van der Waals surface area contributed by atoms with E-state index >= 15 is 0 Å². The van der Waals surface area contributed by atoms with Gasteiger partial charge in [0.25, 0.3) is 5.91 Å². The maximum atomic E-state index is 13.1. The lowest BCUT2D eigenvalue weighted by Crippen LogP contribution is -2.44. The molecule has 0 fully saturated rings. The third-order valence-corrected chi connectivity index (χ3v) is 6.64. The molecule has 31 heavy (non-hydrogen) atoms. The highest BCUT2D eigenvalue weighted by molar-refractivity contribution is 6.42. The summed E-state index contributed by atoms with van der Waals surface area (Å²) in [6.07, 6.45) is 3.70. The zero-order valence-electron chi connectivity index (χ0n) is 17.4. The molecular formula is C22H18B2Cl2N4O. The molecule has 0 bridgehead atoms. The number of carbonyl (C=O) groups is 1. The van der Waals surface area contributed by atoms with Gasteiger partial charge in [0.2, 0.25) is 0 Å². The smallest absolute Gasteiger partial charge is 0.255 e. The maximum Gasteiger partial charge on any atom is 0.255 e. The molecule has 2 aromatic carbocycles. The number of amides is 1. The van der Waals surface area contributed by atoms with Crippen molar-refractivity contribution < 1.29 is 4.79 Å². The van der Waals surface area contributed by atoms with Gasteiger partial charge in [0.1, 0.15) is 15.7 Å². The van der Waals surface area contributed by atoms with Crippen LogP contribution in [-0.2, 0) is 18.9 Å². The van der Waals surface area contributed by atoms with Gasteiger partial charge in [0, 0.05) is 52.3 Å². The summed E-state index contributed by atoms with van der Waals surface area (Å²) in [5, 5.41) is 6.00. The highest BCUT2D eigenvalue weighted by atomic mass is 35.5. The summed E-state index contributed by atoms with van der Waals surface area (Å²) in [5.41, 5.74) is 4.95. The van der Waals surface area contributed by atoms with Crippen LogP contribution in [-0.4, -0.2) is 41.3 Å². The van der Waals surface area contributed by atoms with Gasteiger partial charge >= 0.3 is 0 Å². The van der Waals surface area contributed by atoms with Crippen LogP contribution in [0.1, 0.15) is 21.6 Å². The van der Waals surface area contributed by atoms with Gasteiger partial charge < -0.3 is 4.90 Å². The van der Waals surface area contributed by atoms with E-state index in [0.29, 0.717) is 22.2 Å². The van der Waals surface area contributed by atoms with E-state index < -0.39 is 5.34 Å². The first-order chi connectivity index (χ1) is 14.8. The molecular weight excluding hydrogens is 429 g/mol. The molecule has 0 N–H and O–H groups in total. The van der Waals surface area contributed by atoms with Crippen LogP contribution in [0.2, 0.25) is 10.0 Å². The van der Waals surface area contributed by atoms with E-state index in [1.807, 2.05) is 65.3 Å². The third kappa shape index (κ3) is 3.15. The Bertz CT molecular complexity index is 1350. The lowest BCUT2D eigenvalue weighted by molar-refractivity contribution is 0.0731. The lowest BCUT2D eigenvalue weighted by atomic mass is 9.59. The number of halogens is 2. The first kappa shape index (κ1) is 20.2. The number of carbonyl (C=O) groups excluding carboxylic acids is 1. The van der Waals surface area contributed by atoms with Crippen LogP contribution >= 0.6 is 23.2 Å². The standard InChI is InChI=1S/C22H18B2Cl2N4O/c1-29-10-15-13(4-2-6-19(15)28-29)12-8-17(25)16(18(26)9-12)11-30-21(31)14-5-3-7-27-20(14)22(30,23)24/h2-10H,11,23-24H2,1H3. The first-order valence-electron chi connectivity index (χ1n) is 9.95. The predicted octanol–water partition coefficient (Wildman–Crippen LogP) is 2.97. The normalized spacial score (nSPS) is 14.9.